The Morgan fingerprint density at radius 1 is 0.875 bits per heavy atom. The van der Waals surface area contributed by atoms with Crippen molar-refractivity contribution < 1.29 is 4.79 Å². The summed E-state index contributed by atoms with van der Waals surface area (Å²) in [6, 6.07) is 25.0. The average molecular weight is 444 g/mol. The van der Waals surface area contributed by atoms with Crippen LogP contribution in [0.4, 0.5) is 0 Å². The molecule has 0 radical (unpaired) electrons. The molecule has 7 heteroatoms. The quantitative estimate of drug-likeness (QED) is 0.424. The second-order valence-electron chi connectivity index (χ2n) is 7.90. The lowest BCUT2D eigenvalue weighted by Crippen LogP contribution is -2.48. The summed E-state index contributed by atoms with van der Waals surface area (Å²) in [4.78, 5) is 17.2. The minimum atomic E-state index is 0.155. The standard InChI is InChI=1S/C25H25N5OS/c31-24(18-32-25-27-26-19-30(25)22-10-2-1-3-11-22)29-15-13-28(14-16-29)17-21-9-6-8-20-7-4-5-12-23(20)21/h1-12,19H,13-18H2. The first-order valence-electron chi connectivity index (χ1n) is 10.8. The minimum Gasteiger partial charge on any atom is -0.339 e. The van der Waals surface area contributed by atoms with Crippen LogP contribution in [0, 0.1) is 0 Å². The monoisotopic (exact) mass is 443 g/mol. The van der Waals surface area contributed by atoms with Crippen LogP contribution in [0.15, 0.2) is 84.3 Å². The number of thioether (sulfide) groups is 1. The number of carbonyl (C=O) groups is 1. The number of nitrogens with zero attached hydrogens (tertiary/aromatic N) is 5. The van der Waals surface area contributed by atoms with Crippen molar-refractivity contribution in [2.45, 2.75) is 11.7 Å². The maximum absolute atomic E-state index is 12.8. The molecule has 0 saturated carbocycles. The fraction of sp³-hybridized carbons (Fsp3) is 0.240. The van der Waals surface area contributed by atoms with E-state index < -0.39 is 0 Å². The van der Waals surface area contributed by atoms with Gasteiger partial charge in [0.1, 0.15) is 6.33 Å². The fourth-order valence-electron chi connectivity index (χ4n) is 4.13. The molecule has 0 aliphatic carbocycles. The van der Waals surface area contributed by atoms with E-state index in [1.54, 1.807) is 6.33 Å². The van der Waals surface area contributed by atoms with Crippen molar-refractivity contribution in [3.05, 3.63) is 84.7 Å². The smallest absolute Gasteiger partial charge is 0.233 e. The number of piperazine rings is 1. The molecule has 4 aromatic rings. The predicted octanol–water partition coefficient (Wildman–Crippen LogP) is 3.86. The maximum atomic E-state index is 12.8. The Bertz CT molecular complexity index is 1200. The van der Waals surface area contributed by atoms with E-state index >= 15 is 0 Å². The van der Waals surface area contributed by atoms with Gasteiger partial charge in [-0.15, -0.1) is 10.2 Å². The third kappa shape index (κ3) is 4.54. The number of carbonyl (C=O) groups excluding carboxylic acids is 1. The van der Waals surface area contributed by atoms with Gasteiger partial charge < -0.3 is 4.90 Å². The van der Waals surface area contributed by atoms with Gasteiger partial charge in [-0.1, -0.05) is 72.4 Å². The first-order chi connectivity index (χ1) is 15.8. The minimum absolute atomic E-state index is 0.155. The molecule has 0 atom stereocenters. The zero-order valence-electron chi connectivity index (χ0n) is 17.8. The van der Waals surface area contributed by atoms with Crippen molar-refractivity contribution in [3.8, 4) is 5.69 Å². The van der Waals surface area contributed by atoms with Crippen LogP contribution >= 0.6 is 11.8 Å². The van der Waals surface area contributed by atoms with Gasteiger partial charge in [-0.05, 0) is 28.5 Å². The SMILES string of the molecule is O=C(CSc1nncn1-c1ccccc1)N1CCN(Cc2cccc3ccccc23)CC1. The third-order valence-corrected chi connectivity index (χ3v) is 6.80. The lowest BCUT2D eigenvalue weighted by Gasteiger charge is -2.35. The van der Waals surface area contributed by atoms with Gasteiger partial charge in [0.2, 0.25) is 5.91 Å². The predicted molar refractivity (Wildman–Crippen MR) is 128 cm³/mol. The Hall–Kier alpha value is -3.16. The van der Waals surface area contributed by atoms with Gasteiger partial charge in [-0.3, -0.25) is 14.3 Å². The van der Waals surface area contributed by atoms with Gasteiger partial charge in [0, 0.05) is 38.4 Å². The van der Waals surface area contributed by atoms with E-state index in [0.29, 0.717) is 5.75 Å². The van der Waals surface area contributed by atoms with Gasteiger partial charge in [-0.2, -0.15) is 0 Å². The summed E-state index contributed by atoms with van der Waals surface area (Å²) in [7, 11) is 0. The molecular weight excluding hydrogens is 418 g/mol. The number of fused-ring (bicyclic) bond motifs is 1. The topological polar surface area (TPSA) is 54.3 Å². The second-order valence-corrected chi connectivity index (χ2v) is 8.85. The van der Waals surface area contributed by atoms with E-state index in [1.165, 1.54) is 28.1 Å². The Balaban J connectivity index is 1.15. The number of para-hydroxylation sites is 1. The van der Waals surface area contributed by atoms with Crippen molar-refractivity contribution in [2.75, 3.05) is 31.9 Å². The Morgan fingerprint density at radius 3 is 2.47 bits per heavy atom. The molecule has 1 saturated heterocycles. The summed E-state index contributed by atoms with van der Waals surface area (Å²) in [6.07, 6.45) is 1.69. The summed E-state index contributed by atoms with van der Waals surface area (Å²) in [5.41, 5.74) is 2.34. The first kappa shape index (κ1) is 20.7. The summed E-state index contributed by atoms with van der Waals surface area (Å²) in [5.74, 6) is 0.525. The molecule has 32 heavy (non-hydrogen) atoms. The van der Waals surface area contributed by atoms with Crippen LogP contribution in [0.1, 0.15) is 5.56 Å². The van der Waals surface area contributed by atoms with Gasteiger partial charge >= 0.3 is 0 Å². The molecule has 0 spiro atoms. The number of rotatable bonds is 6. The van der Waals surface area contributed by atoms with Gasteiger partial charge in [-0.25, -0.2) is 0 Å². The molecule has 0 unspecified atom stereocenters. The van der Waals surface area contributed by atoms with Crippen molar-refractivity contribution >= 4 is 28.4 Å². The summed E-state index contributed by atoms with van der Waals surface area (Å²) in [5, 5.41) is 11.5. The van der Waals surface area contributed by atoms with Crippen molar-refractivity contribution in [2.24, 2.45) is 0 Å². The lowest BCUT2D eigenvalue weighted by atomic mass is 10.0. The number of aromatic nitrogens is 3. The highest BCUT2D eigenvalue weighted by Gasteiger charge is 2.22. The number of benzene rings is 3. The molecule has 2 heterocycles. The van der Waals surface area contributed by atoms with Crippen LogP contribution < -0.4 is 0 Å². The fourth-order valence-corrected chi connectivity index (χ4v) is 4.96. The Morgan fingerprint density at radius 2 is 1.62 bits per heavy atom. The molecule has 1 fully saturated rings. The highest BCUT2D eigenvalue weighted by atomic mass is 32.2. The molecule has 6 nitrogen and oxygen atoms in total. The van der Waals surface area contributed by atoms with E-state index in [-0.39, 0.29) is 5.91 Å². The maximum Gasteiger partial charge on any atom is 0.233 e. The first-order valence-corrected chi connectivity index (χ1v) is 11.8. The van der Waals surface area contributed by atoms with Crippen LogP contribution in [0.3, 0.4) is 0 Å². The molecule has 3 aromatic carbocycles. The zero-order chi connectivity index (χ0) is 21.8. The molecular formula is C25H25N5OS. The molecule has 1 aromatic heterocycles. The number of hydrogen-bond donors (Lipinski definition) is 0. The molecule has 1 aliphatic heterocycles. The van der Waals surface area contributed by atoms with Crippen molar-refractivity contribution in [1.82, 2.24) is 24.6 Å². The van der Waals surface area contributed by atoms with Gasteiger partial charge in [0.05, 0.1) is 5.75 Å². The van der Waals surface area contributed by atoms with Crippen LogP contribution in [0.2, 0.25) is 0 Å². The molecule has 1 aliphatic rings. The van der Waals surface area contributed by atoms with E-state index in [2.05, 4.69) is 57.6 Å². The summed E-state index contributed by atoms with van der Waals surface area (Å²) < 4.78 is 1.92. The normalized spacial score (nSPS) is 14.7. The molecule has 162 valence electrons. The van der Waals surface area contributed by atoms with Crippen molar-refractivity contribution in [3.63, 3.8) is 0 Å². The van der Waals surface area contributed by atoms with Crippen LogP contribution in [0.5, 0.6) is 0 Å². The Kier molecular flexibility index (Phi) is 6.18. The van der Waals surface area contributed by atoms with E-state index in [0.717, 1.165) is 43.6 Å². The van der Waals surface area contributed by atoms with Crippen LogP contribution in [-0.4, -0.2) is 62.4 Å². The summed E-state index contributed by atoms with van der Waals surface area (Å²) >= 11 is 1.44. The van der Waals surface area contributed by atoms with E-state index in [1.807, 2.05) is 39.8 Å². The third-order valence-electron chi connectivity index (χ3n) is 5.87. The number of hydrogen-bond acceptors (Lipinski definition) is 5. The van der Waals surface area contributed by atoms with Gasteiger partial charge in [0.25, 0.3) is 0 Å². The number of amides is 1. The second kappa shape index (κ2) is 9.54. The lowest BCUT2D eigenvalue weighted by molar-refractivity contribution is -0.130. The molecule has 0 bridgehead atoms. The van der Waals surface area contributed by atoms with E-state index in [9.17, 15) is 4.79 Å². The summed E-state index contributed by atoms with van der Waals surface area (Å²) in [6.45, 7) is 4.21. The van der Waals surface area contributed by atoms with Crippen molar-refractivity contribution in [1.29, 1.82) is 0 Å². The zero-order valence-corrected chi connectivity index (χ0v) is 18.6. The van der Waals surface area contributed by atoms with Gasteiger partial charge in [0.15, 0.2) is 5.16 Å². The van der Waals surface area contributed by atoms with E-state index in [4.69, 9.17) is 0 Å². The Labute approximate surface area is 191 Å². The van der Waals surface area contributed by atoms with Crippen LogP contribution in [-0.2, 0) is 11.3 Å². The van der Waals surface area contributed by atoms with Crippen LogP contribution in [0.25, 0.3) is 16.5 Å². The molecule has 0 N–H and O–H groups in total. The molecule has 1 amide bonds. The molecule has 5 rings (SSSR count). The highest BCUT2D eigenvalue weighted by Crippen LogP contribution is 2.22. The largest absolute Gasteiger partial charge is 0.339 e. The highest BCUT2D eigenvalue weighted by molar-refractivity contribution is 7.99. The average Bonchev–Trinajstić information content (AvgIpc) is 3.32.